The molecule has 1 unspecified atom stereocenters. The van der Waals surface area contributed by atoms with Crippen molar-refractivity contribution in [2.24, 2.45) is 7.05 Å². The van der Waals surface area contributed by atoms with Gasteiger partial charge in [0.15, 0.2) is 10.4 Å². The third kappa shape index (κ3) is 2.23. The van der Waals surface area contributed by atoms with E-state index >= 15 is 0 Å². The van der Waals surface area contributed by atoms with Crippen LogP contribution in [0.3, 0.4) is 0 Å². The van der Waals surface area contributed by atoms with Crippen molar-refractivity contribution in [1.82, 2.24) is 19.3 Å². The molecule has 0 bridgehead atoms. The number of hydrogen-bond acceptors (Lipinski definition) is 3. The molecular formula is C13H20N4OS. The lowest BCUT2D eigenvalue weighted by molar-refractivity contribution is 0.100. The lowest BCUT2D eigenvalue weighted by atomic mass is 10.2. The predicted molar refractivity (Wildman–Crippen MR) is 76.9 cm³/mol. The van der Waals surface area contributed by atoms with Crippen molar-refractivity contribution < 1.29 is 4.74 Å². The Labute approximate surface area is 117 Å². The number of imidazole rings is 1. The van der Waals surface area contributed by atoms with Crippen LogP contribution in [0, 0.1) is 4.77 Å². The van der Waals surface area contributed by atoms with Crippen molar-refractivity contribution in [3.8, 4) is 0 Å². The zero-order valence-electron chi connectivity index (χ0n) is 11.5. The van der Waals surface area contributed by atoms with Crippen LogP contribution in [0.5, 0.6) is 0 Å². The molecule has 0 spiro atoms. The lowest BCUT2D eigenvalue weighted by Crippen LogP contribution is -2.11. The Morgan fingerprint density at radius 2 is 2.37 bits per heavy atom. The van der Waals surface area contributed by atoms with Gasteiger partial charge >= 0.3 is 0 Å². The van der Waals surface area contributed by atoms with Crippen molar-refractivity contribution in [3.05, 3.63) is 10.5 Å². The second-order valence-corrected chi connectivity index (χ2v) is 5.51. The molecule has 5 nitrogen and oxygen atoms in total. The lowest BCUT2D eigenvalue weighted by Gasteiger charge is -2.10. The SMILES string of the molecule is CCc1nn(C)c2c1[nH]c(=S)n2CCC1CCCO1. The molecule has 3 rings (SSSR count). The van der Waals surface area contributed by atoms with E-state index in [9.17, 15) is 0 Å². The van der Waals surface area contributed by atoms with Crippen LogP contribution in [0.4, 0.5) is 0 Å². The van der Waals surface area contributed by atoms with Gasteiger partial charge in [0.05, 0.1) is 11.8 Å². The van der Waals surface area contributed by atoms with Crippen LogP contribution in [0.2, 0.25) is 0 Å². The first-order chi connectivity index (χ1) is 9.20. The van der Waals surface area contributed by atoms with Crippen molar-refractivity contribution in [3.63, 3.8) is 0 Å². The highest BCUT2D eigenvalue weighted by molar-refractivity contribution is 7.71. The van der Waals surface area contributed by atoms with Gasteiger partial charge in [-0.15, -0.1) is 0 Å². The number of hydrogen-bond donors (Lipinski definition) is 1. The highest BCUT2D eigenvalue weighted by atomic mass is 32.1. The van der Waals surface area contributed by atoms with E-state index in [1.807, 2.05) is 11.7 Å². The van der Waals surface area contributed by atoms with Crippen molar-refractivity contribution in [2.75, 3.05) is 6.61 Å². The average molecular weight is 280 g/mol. The summed E-state index contributed by atoms with van der Waals surface area (Å²) in [6.07, 6.45) is 4.69. The van der Waals surface area contributed by atoms with Gasteiger partial charge in [0.2, 0.25) is 0 Å². The van der Waals surface area contributed by atoms with E-state index in [4.69, 9.17) is 17.0 Å². The topological polar surface area (TPSA) is 47.8 Å². The fourth-order valence-corrected chi connectivity index (χ4v) is 3.16. The Bertz CT molecular complexity index is 633. The summed E-state index contributed by atoms with van der Waals surface area (Å²) >= 11 is 5.44. The molecule has 1 aliphatic rings. The molecule has 2 aromatic heterocycles. The van der Waals surface area contributed by atoms with Gasteiger partial charge in [0.1, 0.15) is 5.52 Å². The smallest absolute Gasteiger partial charge is 0.179 e. The van der Waals surface area contributed by atoms with E-state index in [-0.39, 0.29) is 0 Å². The molecule has 0 amide bonds. The normalized spacial score (nSPS) is 19.6. The first-order valence-electron chi connectivity index (χ1n) is 6.96. The molecule has 19 heavy (non-hydrogen) atoms. The minimum absolute atomic E-state index is 0.394. The predicted octanol–water partition coefficient (Wildman–Crippen LogP) is 2.56. The minimum Gasteiger partial charge on any atom is -0.378 e. The maximum atomic E-state index is 5.68. The van der Waals surface area contributed by atoms with Crippen molar-refractivity contribution in [2.45, 2.75) is 45.3 Å². The molecule has 0 aliphatic carbocycles. The maximum Gasteiger partial charge on any atom is 0.179 e. The van der Waals surface area contributed by atoms with Gasteiger partial charge in [0, 0.05) is 20.2 Å². The Kier molecular flexibility index (Phi) is 3.45. The van der Waals surface area contributed by atoms with Gasteiger partial charge in [-0.2, -0.15) is 5.10 Å². The van der Waals surface area contributed by atoms with Crippen molar-refractivity contribution in [1.29, 1.82) is 0 Å². The molecule has 1 fully saturated rings. The van der Waals surface area contributed by atoms with Crippen LogP contribution in [-0.2, 0) is 24.8 Å². The van der Waals surface area contributed by atoms with Crippen LogP contribution in [0.25, 0.3) is 11.2 Å². The van der Waals surface area contributed by atoms with Gasteiger partial charge in [-0.25, -0.2) is 0 Å². The number of ether oxygens (including phenoxy) is 1. The summed E-state index contributed by atoms with van der Waals surface area (Å²) in [6, 6.07) is 0. The largest absolute Gasteiger partial charge is 0.378 e. The van der Waals surface area contributed by atoms with E-state index in [2.05, 4.69) is 21.6 Å². The third-order valence-corrected chi connectivity index (χ3v) is 4.18. The minimum atomic E-state index is 0.394. The second kappa shape index (κ2) is 5.09. The van der Waals surface area contributed by atoms with Crippen LogP contribution in [0.15, 0.2) is 0 Å². The Hall–Kier alpha value is -1.14. The fourth-order valence-electron chi connectivity index (χ4n) is 2.88. The number of nitrogens with one attached hydrogen (secondary N) is 1. The summed E-state index contributed by atoms with van der Waals surface area (Å²) in [5.74, 6) is 0. The van der Waals surface area contributed by atoms with E-state index in [0.29, 0.717) is 6.10 Å². The highest BCUT2D eigenvalue weighted by Gasteiger charge is 2.18. The maximum absolute atomic E-state index is 5.68. The quantitative estimate of drug-likeness (QED) is 0.876. The van der Waals surface area contributed by atoms with E-state index in [0.717, 1.165) is 47.6 Å². The first-order valence-corrected chi connectivity index (χ1v) is 7.37. The molecule has 0 saturated carbocycles. The van der Waals surface area contributed by atoms with Gasteiger partial charge in [-0.1, -0.05) is 6.92 Å². The fraction of sp³-hybridized carbons (Fsp3) is 0.692. The molecule has 6 heteroatoms. The van der Waals surface area contributed by atoms with Gasteiger partial charge in [-0.05, 0) is 37.9 Å². The highest BCUT2D eigenvalue weighted by Crippen LogP contribution is 2.21. The zero-order valence-corrected chi connectivity index (χ0v) is 12.3. The monoisotopic (exact) mass is 280 g/mol. The van der Waals surface area contributed by atoms with Crippen LogP contribution in [0.1, 0.15) is 31.9 Å². The summed E-state index contributed by atoms with van der Waals surface area (Å²) in [5, 5.41) is 4.54. The molecule has 0 aromatic carbocycles. The van der Waals surface area contributed by atoms with Crippen molar-refractivity contribution >= 4 is 23.4 Å². The number of aryl methyl sites for hydroxylation is 3. The molecule has 2 aromatic rings. The molecule has 104 valence electrons. The van der Waals surface area contributed by atoms with E-state index in [1.54, 1.807) is 0 Å². The molecular weight excluding hydrogens is 260 g/mol. The summed E-state index contributed by atoms with van der Waals surface area (Å²) in [6.45, 7) is 3.92. The second-order valence-electron chi connectivity index (χ2n) is 5.13. The number of H-pyrrole nitrogens is 1. The molecule has 3 heterocycles. The number of aromatic nitrogens is 4. The number of fused-ring (bicyclic) bond motifs is 1. The number of aromatic amines is 1. The summed E-state index contributed by atoms with van der Waals surface area (Å²) in [7, 11) is 1.98. The molecule has 0 radical (unpaired) electrons. The van der Waals surface area contributed by atoms with Gasteiger partial charge in [0.25, 0.3) is 0 Å². The molecule has 1 atom stereocenters. The Morgan fingerprint density at radius 3 is 3.05 bits per heavy atom. The van der Waals surface area contributed by atoms with Crippen LogP contribution >= 0.6 is 12.2 Å². The number of nitrogens with zero attached hydrogens (tertiary/aromatic N) is 3. The van der Waals surface area contributed by atoms with Crippen LogP contribution < -0.4 is 0 Å². The van der Waals surface area contributed by atoms with Gasteiger partial charge in [-0.3, -0.25) is 4.68 Å². The number of rotatable bonds is 4. The Balaban J connectivity index is 1.91. The Morgan fingerprint density at radius 1 is 1.53 bits per heavy atom. The molecule has 1 saturated heterocycles. The van der Waals surface area contributed by atoms with E-state index in [1.165, 1.54) is 12.8 Å². The van der Waals surface area contributed by atoms with E-state index < -0.39 is 0 Å². The van der Waals surface area contributed by atoms with Crippen LogP contribution in [-0.4, -0.2) is 32.0 Å². The molecule has 1 aliphatic heterocycles. The molecule has 1 N–H and O–H groups in total. The summed E-state index contributed by atoms with van der Waals surface area (Å²) in [5.41, 5.74) is 3.27. The van der Waals surface area contributed by atoms with Gasteiger partial charge < -0.3 is 14.3 Å². The first kappa shape index (κ1) is 12.9. The summed E-state index contributed by atoms with van der Waals surface area (Å²) < 4.78 is 10.5. The third-order valence-electron chi connectivity index (χ3n) is 3.86. The average Bonchev–Trinajstić information content (AvgIpc) is 3.06. The zero-order chi connectivity index (χ0) is 13.4. The summed E-state index contributed by atoms with van der Waals surface area (Å²) in [4.78, 5) is 3.30. The standard InChI is InChI=1S/C13H20N4OS/c1-3-10-11-12(16(2)15-10)17(13(19)14-11)7-6-9-5-4-8-18-9/h9H,3-8H2,1-2H3,(H,14,19).